The molecule has 2 heterocycles. The van der Waals surface area contributed by atoms with Crippen LogP contribution in [0.4, 0.5) is 0 Å². The summed E-state index contributed by atoms with van der Waals surface area (Å²) < 4.78 is 1.93. The Kier molecular flexibility index (Phi) is 5.57. The molecule has 1 saturated heterocycles. The molecule has 4 rings (SSSR count). The van der Waals surface area contributed by atoms with Gasteiger partial charge in [-0.2, -0.15) is 0 Å². The summed E-state index contributed by atoms with van der Waals surface area (Å²) in [5, 5.41) is 0. The molecule has 0 aliphatic carbocycles. The van der Waals surface area contributed by atoms with Gasteiger partial charge in [-0.25, -0.2) is 4.98 Å². The second-order valence-electron chi connectivity index (χ2n) is 7.58. The van der Waals surface area contributed by atoms with Crippen LogP contribution in [0.25, 0.3) is 0 Å². The number of aromatic nitrogens is 2. The third kappa shape index (κ3) is 3.81. The first-order valence-electron chi connectivity index (χ1n) is 10.0. The van der Waals surface area contributed by atoms with Crippen molar-refractivity contribution in [3.05, 3.63) is 90.0 Å². The normalized spacial score (nSPS) is 18.8. The standard InChI is InChI=1S/C24H23N3O3/c1-17-8-10-18(11-9-17)21-20(22(28)19-6-3-2-4-7-19)23(29)24(30)27(21)14-5-13-26-15-12-25-16-26/h2-4,6-12,15-16,20-21H,5,13-14H2,1H3. The van der Waals surface area contributed by atoms with Gasteiger partial charge in [-0.1, -0.05) is 60.2 Å². The first-order valence-corrected chi connectivity index (χ1v) is 10.0. The SMILES string of the molecule is Cc1ccc(C2C(C(=O)c3ccccc3)C(=O)C(=O)N2CCCn2ccnc2)cc1. The molecule has 2 atom stereocenters. The van der Waals surface area contributed by atoms with Crippen molar-refractivity contribution in [3.8, 4) is 0 Å². The van der Waals surface area contributed by atoms with E-state index in [2.05, 4.69) is 4.98 Å². The molecule has 1 aromatic heterocycles. The van der Waals surface area contributed by atoms with Crippen molar-refractivity contribution >= 4 is 17.5 Å². The first-order chi connectivity index (χ1) is 14.6. The van der Waals surface area contributed by atoms with Gasteiger partial charge < -0.3 is 9.47 Å². The predicted octanol–water partition coefficient (Wildman–Crippen LogP) is 3.23. The molecule has 0 radical (unpaired) electrons. The van der Waals surface area contributed by atoms with Crippen LogP contribution in [0.2, 0.25) is 0 Å². The summed E-state index contributed by atoms with van der Waals surface area (Å²) in [4.78, 5) is 44.7. The predicted molar refractivity (Wildman–Crippen MR) is 112 cm³/mol. The number of rotatable bonds is 7. The molecule has 1 amide bonds. The number of benzene rings is 2. The minimum absolute atomic E-state index is 0.309. The van der Waals surface area contributed by atoms with Crippen LogP contribution in [0, 0.1) is 12.8 Å². The molecule has 1 fully saturated rings. The van der Waals surface area contributed by atoms with E-state index in [-0.39, 0.29) is 5.78 Å². The summed E-state index contributed by atoms with van der Waals surface area (Å²) in [5.41, 5.74) is 2.32. The van der Waals surface area contributed by atoms with Crippen LogP contribution in [0.3, 0.4) is 0 Å². The van der Waals surface area contributed by atoms with Crippen molar-refractivity contribution in [2.75, 3.05) is 6.54 Å². The summed E-state index contributed by atoms with van der Waals surface area (Å²) in [6, 6.07) is 15.8. The van der Waals surface area contributed by atoms with Gasteiger partial charge in [-0.05, 0) is 18.9 Å². The number of amides is 1. The fraction of sp³-hybridized carbons (Fsp3) is 0.250. The summed E-state index contributed by atoms with van der Waals surface area (Å²) in [6.45, 7) is 3.04. The largest absolute Gasteiger partial charge is 0.337 e. The Hall–Kier alpha value is -3.54. The Labute approximate surface area is 175 Å². The second-order valence-corrected chi connectivity index (χ2v) is 7.58. The van der Waals surface area contributed by atoms with Crippen molar-refractivity contribution in [1.82, 2.24) is 14.5 Å². The summed E-state index contributed by atoms with van der Waals surface area (Å²) in [7, 11) is 0. The number of aryl methyl sites for hydroxylation is 2. The molecular formula is C24H23N3O3. The third-order valence-electron chi connectivity index (χ3n) is 5.54. The quantitative estimate of drug-likeness (QED) is 0.346. The number of ketones is 2. The maximum Gasteiger partial charge on any atom is 0.291 e. The highest BCUT2D eigenvalue weighted by Crippen LogP contribution is 2.38. The summed E-state index contributed by atoms with van der Waals surface area (Å²) >= 11 is 0. The van der Waals surface area contributed by atoms with Gasteiger partial charge in [0.2, 0.25) is 5.78 Å². The number of Topliss-reactive ketones (excluding diaryl/α,β-unsaturated/α-hetero) is 2. The molecule has 0 saturated carbocycles. The molecule has 30 heavy (non-hydrogen) atoms. The number of likely N-dealkylation sites (tertiary alicyclic amines) is 1. The lowest BCUT2D eigenvalue weighted by molar-refractivity contribution is -0.140. The van der Waals surface area contributed by atoms with Crippen LogP contribution in [0.15, 0.2) is 73.3 Å². The number of hydrogen-bond acceptors (Lipinski definition) is 4. The zero-order valence-electron chi connectivity index (χ0n) is 16.8. The zero-order chi connectivity index (χ0) is 21.1. The fourth-order valence-corrected chi connectivity index (χ4v) is 3.99. The van der Waals surface area contributed by atoms with Crippen molar-refractivity contribution in [3.63, 3.8) is 0 Å². The van der Waals surface area contributed by atoms with Gasteiger partial charge >= 0.3 is 0 Å². The van der Waals surface area contributed by atoms with Crippen molar-refractivity contribution in [1.29, 1.82) is 0 Å². The topological polar surface area (TPSA) is 72.3 Å². The van der Waals surface area contributed by atoms with E-state index in [1.54, 1.807) is 41.7 Å². The van der Waals surface area contributed by atoms with Gasteiger partial charge in [0.05, 0.1) is 12.4 Å². The lowest BCUT2D eigenvalue weighted by atomic mass is 9.86. The van der Waals surface area contributed by atoms with E-state index in [0.29, 0.717) is 25.1 Å². The fourth-order valence-electron chi connectivity index (χ4n) is 3.99. The molecule has 6 nitrogen and oxygen atoms in total. The zero-order valence-corrected chi connectivity index (χ0v) is 16.8. The molecular weight excluding hydrogens is 378 g/mol. The average Bonchev–Trinajstić information content (AvgIpc) is 3.37. The highest BCUT2D eigenvalue weighted by Gasteiger charge is 2.51. The van der Waals surface area contributed by atoms with E-state index in [0.717, 1.165) is 11.1 Å². The Bertz CT molecular complexity index is 1040. The maximum atomic E-state index is 13.2. The molecule has 3 aromatic rings. The summed E-state index contributed by atoms with van der Waals surface area (Å²) in [6.07, 6.45) is 5.93. The van der Waals surface area contributed by atoms with E-state index >= 15 is 0 Å². The molecule has 6 heteroatoms. The number of hydrogen-bond donors (Lipinski definition) is 0. The van der Waals surface area contributed by atoms with E-state index in [9.17, 15) is 14.4 Å². The lowest BCUT2D eigenvalue weighted by Crippen LogP contribution is -2.32. The highest BCUT2D eigenvalue weighted by atomic mass is 16.2. The van der Waals surface area contributed by atoms with Gasteiger partial charge in [0, 0.05) is 31.0 Å². The van der Waals surface area contributed by atoms with Gasteiger partial charge in [-0.3, -0.25) is 14.4 Å². The molecule has 1 aliphatic rings. The van der Waals surface area contributed by atoms with E-state index in [4.69, 9.17) is 0 Å². The maximum absolute atomic E-state index is 13.2. The second kappa shape index (κ2) is 8.45. The number of imidazole rings is 1. The summed E-state index contributed by atoms with van der Waals surface area (Å²) in [5.74, 6) is -2.55. The van der Waals surface area contributed by atoms with Crippen LogP contribution in [-0.4, -0.2) is 38.5 Å². The minimum Gasteiger partial charge on any atom is -0.337 e. The Balaban J connectivity index is 1.65. The number of nitrogens with zero attached hydrogens (tertiary/aromatic N) is 3. The molecule has 152 valence electrons. The average molecular weight is 401 g/mol. The molecule has 2 aromatic carbocycles. The van der Waals surface area contributed by atoms with Crippen LogP contribution in [0.5, 0.6) is 0 Å². The van der Waals surface area contributed by atoms with Gasteiger partial charge in [-0.15, -0.1) is 0 Å². The van der Waals surface area contributed by atoms with Crippen molar-refractivity contribution < 1.29 is 14.4 Å². The van der Waals surface area contributed by atoms with E-state index < -0.39 is 23.7 Å². The molecule has 0 spiro atoms. The van der Waals surface area contributed by atoms with Crippen LogP contribution >= 0.6 is 0 Å². The van der Waals surface area contributed by atoms with E-state index in [1.165, 1.54) is 0 Å². The van der Waals surface area contributed by atoms with Gasteiger partial charge in [0.1, 0.15) is 5.92 Å². The first kappa shape index (κ1) is 19.8. The Morgan fingerprint density at radius 3 is 2.40 bits per heavy atom. The van der Waals surface area contributed by atoms with E-state index in [1.807, 2.05) is 48.0 Å². The highest BCUT2D eigenvalue weighted by molar-refractivity contribution is 6.44. The smallest absolute Gasteiger partial charge is 0.291 e. The third-order valence-corrected chi connectivity index (χ3v) is 5.54. The van der Waals surface area contributed by atoms with Gasteiger partial charge in [0.25, 0.3) is 5.91 Å². The van der Waals surface area contributed by atoms with Crippen LogP contribution in [-0.2, 0) is 16.1 Å². The minimum atomic E-state index is -1.03. The molecule has 2 unspecified atom stereocenters. The molecule has 0 N–H and O–H groups in total. The number of carbonyl (C=O) groups is 3. The number of carbonyl (C=O) groups excluding carboxylic acids is 3. The Morgan fingerprint density at radius 2 is 1.73 bits per heavy atom. The molecule has 0 bridgehead atoms. The van der Waals surface area contributed by atoms with Crippen molar-refractivity contribution in [2.45, 2.75) is 25.9 Å². The van der Waals surface area contributed by atoms with Crippen LogP contribution in [0.1, 0.15) is 33.9 Å². The van der Waals surface area contributed by atoms with Crippen molar-refractivity contribution in [2.24, 2.45) is 5.92 Å². The Morgan fingerprint density at radius 1 is 1.00 bits per heavy atom. The lowest BCUT2D eigenvalue weighted by Gasteiger charge is -2.27. The van der Waals surface area contributed by atoms with Crippen LogP contribution < -0.4 is 0 Å². The molecule has 1 aliphatic heterocycles. The van der Waals surface area contributed by atoms with Gasteiger partial charge in [0.15, 0.2) is 5.78 Å². The monoisotopic (exact) mass is 401 g/mol.